The maximum absolute atomic E-state index is 6.82. The van der Waals surface area contributed by atoms with Gasteiger partial charge in [0.05, 0.1) is 11.1 Å². The molecule has 0 bridgehead atoms. The van der Waals surface area contributed by atoms with Crippen molar-refractivity contribution in [3.8, 4) is 45.3 Å². The number of hydrogen-bond acceptors (Lipinski definition) is 5. The molecule has 0 atom stereocenters. The molecule has 0 aliphatic rings. The molecule has 0 aliphatic heterocycles. The van der Waals surface area contributed by atoms with Crippen LogP contribution in [0.5, 0.6) is 0 Å². The zero-order valence-corrected chi connectivity index (χ0v) is 29.2. The highest BCUT2D eigenvalue weighted by Crippen LogP contribution is 2.46. The van der Waals surface area contributed by atoms with Crippen LogP contribution in [0.2, 0.25) is 0 Å². The first-order valence-corrected chi connectivity index (χ1v) is 18.0. The van der Waals surface area contributed by atoms with Crippen molar-refractivity contribution >= 4 is 49.8 Å². The van der Waals surface area contributed by atoms with Crippen LogP contribution in [-0.2, 0) is 0 Å². The third-order valence-corrected chi connectivity index (χ3v) is 9.89. The fraction of sp³-hybridized carbons (Fsp3) is 0. The minimum Gasteiger partial charge on any atom is -0.455 e. The van der Waals surface area contributed by atoms with E-state index in [9.17, 15) is 0 Å². The first-order valence-electron chi connectivity index (χ1n) is 18.0. The number of hydrogen-bond donors (Lipinski definition) is 0. The molecule has 0 fully saturated rings. The van der Waals surface area contributed by atoms with Crippen LogP contribution < -0.4 is 4.90 Å². The Morgan fingerprint density at radius 1 is 0.370 bits per heavy atom. The lowest BCUT2D eigenvalue weighted by atomic mass is 9.98. The highest BCUT2D eigenvalue weighted by atomic mass is 16.3. The Balaban J connectivity index is 1.25. The topological polar surface area (TPSA) is 55.1 Å². The van der Waals surface area contributed by atoms with Gasteiger partial charge in [-0.2, -0.15) is 0 Å². The summed E-state index contributed by atoms with van der Waals surface area (Å²) in [5.74, 6) is 1.84. The fourth-order valence-electron chi connectivity index (χ4n) is 7.39. The number of benzene rings is 8. The van der Waals surface area contributed by atoms with E-state index in [1.165, 1.54) is 0 Å². The second kappa shape index (κ2) is 13.3. The molecule has 2 aromatic heterocycles. The molecule has 0 unspecified atom stereocenters. The quantitative estimate of drug-likeness (QED) is 0.166. The van der Waals surface area contributed by atoms with Crippen molar-refractivity contribution in [3.05, 3.63) is 194 Å². The van der Waals surface area contributed by atoms with Gasteiger partial charge in [0, 0.05) is 38.8 Å². The van der Waals surface area contributed by atoms with Crippen LogP contribution >= 0.6 is 0 Å². The molecule has 254 valence electrons. The van der Waals surface area contributed by atoms with Crippen LogP contribution in [-0.4, -0.2) is 15.0 Å². The van der Waals surface area contributed by atoms with E-state index in [4.69, 9.17) is 19.4 Å². The lowest BCUT2D eigenvalue weighted by molar-refractivity contribution is 0.672. The number of para-hydroxylation sites is 1. The normalized spacial score (nSPS) is 11.3. The number of aromatic nitrogens is 3. The van der Waals surface area contributed by atoms with Gasteiger partial charge in [0.1, 0.15) is 11.2 Å². The first-order chi connectivity index (χ1) is 26.8. The first kappa shape index (κ1) is 31.4. The van der Waals surface area contributed by atoms with Gasteiger partial charge in [0.2, 0.25) is 0 Å². The van der Waals surface area contributed by atoms with E-state index >= 15 is 0 Å². The lowest BCUT2D eigenvalue weighted by Gasteiger charge is -2.26. The number of fused-ring (bicyclic) bond motifs is 5. The Kier molecular flexibility index (Phi) is 7.73. The van der Waals surface area contributed by atoms with Crippen molar-refractivity contribution in [2.75, 3.05) is 4.90 Å². The lowest BCUT2D eigenvalue weighted by Crippen LogP contribution is -2.10. The highest BCUT2D eigenvalue weighted by molar-refractivity contribution is 6.22. The molecule has 0 N–H and O–H groups in total. The standard InChI is InChI=1S/C49H32N4O/c1-5-17-33(18-6-1)36-23-15-26-38(31-36)53(37-24-11-4-12-25-37)43-29-16-30-44-45(43)42-32-41(39-27-13-14-28-40(39)46(42)54-44)49-51-47(34-19-7-2-8-20-34)50-48(52-49)35-21-9-3-10-22-35/h1-32H. The second-order valence-corrected chi connectivity index (χ2v) is 13.2. The van der Waals surface area contributed by atoms with Crippen molar-refractivity contribution < 1.29 is 4.42 Å². The van der Waals surface area contributed by atoms with Crippen LogP contribution in [0.1, 0.15) is 0 Å². The van der Waals surface area contributed by atoms with Crippen molar-refractivity contribution in [2.24, 2.45) is 0 Å². The smallest absolute Gasteiger partial charge is 0.164 e. The number of anilines is 3. The maximum Gasteiger partial charge on any atom is 0.164 e. The van der Waals surface area contributed by atoms with Gasteiger partial charge in [0.25, 0.3) is 0 Å². The Morgan fingerprint density at radius 3 is 1.56 bits per heavy atom. The molecule has 5 heteroatoms. The largest absolute Gasteiger partial charge is 0.455 e. The van der Waals surface area contributed by atoms with E-state index in [0.717, 1.165) is 77.6 Å². The monoisotopic (exact) mass is 692 g/mol. The molecular weight excluding hydrogens is 661 g/mol. The fourth-order valence-corrected chi connectivity index (χ4v) is 7.39. The minimum atomic E-state index is 0.600. The molecular formula is C49H32N4O. The van der Waals surface area contributed by atoms with E-state index in [0.29, 0.717) is 17.5 Å². The summed E-state index contributed by atoms with van der Waals surface area (Å²) in [6.07, 6.45) is 0. The predicted octanol–water partition coefficient (Wildman–Crippen LogP) is 13.1. The third kappa shape index (κ3) is 5.56. The van der Waals surface area contributed by atoms with Gasteiger partial charge < -0.3 is 9.32 Å². The summed E-state index contributed by atoms with van der Waals surface area (Å²) in [5, 5.41) is 3.99. The van der Waals surface area contributed by atoms with Crippen LogP contribution in [0.25, 0.3) is 78.0 Å². The van der Waals surface area contributed by atoms with Crippen molar-refractivity contribution in [1.29, 1.82) is 0 Å². The molecule has 10 aromatic rings. The summed E-state index contributed by atoms with van der Waals surface area (Å²) < 4.78 is 6.82. The molecule has 2 heterocycles. The van der Waals surface area contributed by atoms with Gasteiger partial charge >= 0.3 is 0 Å². The van der Waals surface area contributed by atoms with Gasteiger partial charge in [-0.3, -0.25) is 0 Å². The summed E-state index contributed by atoms with van der Waals surface area (Å²) in [5.41, 5.74) is 9.79. The predicted molar refractivity (Wildman–Crippen MR) is 221 cm³/mol. The van der Waals surface area contributed by atoms with E-state index in [1.54, 1.807) is 0 Å². The molecule has 8 aromatic carbocycles. The van der Waals surface area contributed by atoms with Gasteiger partial charge in [-0.15, -0.1) is 0 Å². The number of nitrogens with zero attached hydrogens (tertiary/aromatic N) is 4. The zero-order valence-electron chi connectivity index (χ0n) is 29.2. The Labute approximate surface area is 312 Å². The average Bonchev–Trinajstić information content (AvgIpc) is 3.64. The molecule has 0 saturated heterocycles. The number of rotatable bonds is 7. The van der Waals surface area contributed by atoms with Crippen molar-refractivity contribution in [1.82, 2.24) is 15.0 Å². The highest BCUT2D eigenvalue weighted by Gasteiger charge is 2.23. The molecule has 54 heavy (non-hydrogen) atoms. The second-order valence-electron chi connectivity index (χ2n) is 13.2. The van der Waals surface area contributed by atoms with E-state index in [1.807, 2.05) is 66.7 Å². The van der Waals surface area contributed by atoms with Crippen molar-refractivity contribution in [2.45, 2.75) is 0 Å². The van der Waals surface area contributed by atoms with E-state index in [2.05, 4.69) is 132 Å². The molecule has 0 spiro atoms. The molecule has 0 saturated carbocycles. The summed E-state index contributed by atoms with van der Waals surface area (Å²) in [6, 6.07) is 66.8. The van der Waals surface area contributed by atoms with Crippen LogP contribution in [0.4, 0.5) is 17.1 Å². The Bertz CT molecular complexity index is 2870. The van der Waals surface area contributed by atoms with Gasteiger partial charge in [-0.25, -0.2) is 15.0 Å². The molecule has 10 rings (SSSR count). The number of furan rings is 1. The molecule has 0 aliphatic carbocycles. The SMILES string of the molecule is c1ccc(-c2cccc(N(c3ccccc3)c3cccc4oc5c6ccccc6c(-c6nc(-c7ccccc7)nc(-c7ccccc7)n6)cc5c34)c2)cc1. The summed E-state index contributed by atoms with van der Waals surface area (Å²) in [4.78, 5) is 17.6. The van der Waals surface area contributed by atoms with Crippen LogP contribution in [0.15, 0.2) is 199 Å². The van der Waals surface area contributed by atoms with Gasteiger partial charge in [-0.1, -0.05) is 152 Å². The molecule has 0 amide bonds. The van der Waals surface area contributed by atoms with Crippen LogP contribution in [0, 0.1) is 0 Å². The summed E-state index contributed by atoms with van der Waals surface area (Å²) in [6.45, 7) is 0. The maximum atomic E-state index is 6.82. The van der Waals surface area contributed by atoms with Crippen molar-refractivity contribution in [3.63, 3.8) is 0 Å². The third-order valence-electron chi connectivity index (χ3n) is 9.89. The van der Waals surface area contributed by atoms with E-state index in [-0.39, 0.29) is 0 Å². The van der Waals surface area contributed by atoms with E-state index < -0.39 is 0 Å². The Morgan fingerprint density at radius 2 is 0.889 bits per heavy atom. The average molecular weight is 693 g/mol. The van der Waals surface area contributed by atoms with Crippen LogP contribution in [0.3, 0.4) is 0 Å². The molecule has 5 nitrogen and oxygen atoms in total. The minimum absolute atomic E-state index is 0.600. The Hall–Kier alpha value is -7.37. The zero-order chi connectivity index (χ0) is 35.8. The van der Waals surface area contributed by atoms with Gasteiger partial charge in [0.15, 0.2) is 17.5 Å². The molecule has 0 radical (unpaired) electrons. The summed E-state index contributed by atoms with van der Waals surface area (Å²) >= 11 is 0. The van der Waals surface area contributed by atoms with Gasteiger partial charge in [-0.05, 0) is 59.0 Å². The summed E-state index contributed by atoms with van der Waals surface area (Å²) in [7, 11) is 0.